The summed E-state index contributed by atoms with van der Waals surface area (Å²) < 4.78 is 0. The molecule has 0 atom stereocenters. The molecule has 132 valence electrons. The fourth-order valence-corrected chi connectivity index (χ4v) is 4.51. The third-order valence-electron chi connectivity index (χ3n) is 4.87. The average molecular weight is 361 g/mol. The van der Waals surface area contributed by atoms with Crippen LogP contribution in [0.5, 0.6) is 0 Å². The van der Waals surface area contributed by atoms with Gasteiger partial charge >= 0.3 is 0 Å². The maximum absolute atomic E-state index is 4.95. The Labute approximate surface area is 160 Å². The van der Waals surface area contributed by atoms with E-state index in [0.717, 1.165) is 36.4 Å². The van der Waals surface area contributed by atoms with Crippen molar-refractivity contribution in [2.24, 2.45) is 0 Å². The van der Waals surface area contributed by atoms with E-state index in [1.54, 1.807) is 0 Å². The molecule has 2 nitrogen and oxygen atoms in total. The number of rotatable bonds is 6. The van der Waals surface area contributed by atoms with Gasteiger partial charge in [-0.3, -0.25) is 0 Å². The number of thioether (sulfide) groups is 1. The summed E-state index contributed by atoms with van der Waals surface area (Å²) in [6.45, 7) is 0. The number of benzene rings is 2. The molecule has 3 heteroatoms. The van der Waals surface area contributed by atoms with Crippen LogP contribution in [0, 0.1) is 0 Å². The first-order valence-corrected chi connectivity index (χ1v) is 10.5. The van der Waals surface area contributed by atoms with Gasteiger partial charge in [-0.1, -0.05) is 60.7 Å². The van der Waals surface area contributed by atoms with Gasteiger partial charge in [0.25, 0.3) is 0 Å². The fourth-order valence-electron chi connectivity index (χ4n) is 3.49. The Morgan fingerprint density at radius 2 is 1.54 bits per heavy atom. The van der Waals surface area contributed by atoms with Crippen molar-refractivity contribution in [1.29, 1.82) is 0 Å². The molecule has 4 rings (SSSR count). The molecular formula is C23H24N2S. The Balaban J connectivity index is 1.50. The van der Waals surface area contributed by atoms with Crippen molar-refractivity contribution in [3.05, 3.63) is 77.5 Å². The van der Waals surface area contributed by atoms with Gasteiger partial charge in [0.05, 0.1) is 0 Å². The topological polar surface area (TPSA) is 25.8 Å². The van der Waals surface area contributed by atoms with Crippen LogP contribution in [0.3, 0.4) is 0 Å². The number of hydrogen-bond donors (Lipinski definition) is 0. The maximum Gasteiger partial charge on any atom is 0.160 e. The summed E-state index contributed by atoms with van der Waals surface area (Å²) in [7, 11) is 0. The van der Waals surface area contributed by atoms with Crippen LogP contribution in [0.4, 0.5) is 0 Å². The van der Waals surface area contributed by atoms with E-state index < -0.39 is 0 Å². The van der Waals surface area contributed by atoms with Crippen molar-refractivity contribution < 1.29 is 0 Å². The molecule has 1 aromatic heterocycles. The van der Waals surface area contributed by atoms with Gasteiger partial charge in [0, 0.05) is 16.8 Å². The fraction of sp³-hybridized carbons (Fsp3) is 0.304. The third-order valence-corrected chi connectivity index (χ3v) is 5.97. The Kier molecular flexibility index (Phi) is 5.65. The highest BCUT2D eigenvalue weighted by Crippen LogP contribution is 2.31. The van der Waals surface area contributed by atoms with Crippen molar-refractivity contribution >= 4 is 11.8 Å². The smallest absolute Gasteiger partial charge is 0.160 e. The van der Waals surface area contributed by atoms with E-state index in [2.05, 4.69) is 54.6 Å². The van der Waals surface area contributed by atoms with Crippen LogP contribution in [0.25, 0.3) is 11.4 Å². The van der Waals surface area contributed by atoms with E-state index in [1.165, 1.54) is 41.1 Å². The second-order valence-corrected chi connectivity index (χ2v) is 7.87. The molecule has 0 bridgehead atoms. The number of hydrogen-bond acceptors (Lipinski definition) is 3. The molecule has 0 spiro atoms. The molecular weight excluding hydrogens is 336 g/mol. The van der Waals surface area contributed by atoms with Crippen LogP contribution < -0.4 is 0 Å². The van der Waals surface area contributed by atoms with Crippen molar-refractivity contribution in [3.8, 4) is 11.4 Å². The van der Waals surface area contributed by atoms with Gasteiger partial charge in [-0.2, -0.15) is 0 Å². The Bertz CT molecular complexity index is 847. The number of aromatic nitrogens is 2. The minimum absolute atomic E-state index is 0.886. The van der Waals surface area contributed by atoms with Crippen LogP contribution in [0.1, 0.15) is 36.1 Å². The first-order chi connectivity index (χ1) is 12.9. The molecule has 26 heavy (non-hydrogen) atoms. The van der Waals surface area contributed by atoms with Crippen LogP contribution in [0.2, 0.25) is 0 Å². The third kappa shape index (κ3) is 4.16. The SMILES string of the molecule is c1ccc(CCCSc2nc(-c3ccccc3)nc3c2CCCC3)cc1. The van der Waals surface area contributed by atoms with E-state index >= 15 is 0 Å². The van der Waals surface area contributed by atoms with Crippen LogP contribution in [-0.4, -0.2) is 15.7 Å². The summed E-state index contributed by atoms with van der Waals surface area (Å²) in [6, 6.07) is 21.1. The molecule has 1 aliphatic rings. The first-order valence-electron chi connectivity index (χ1n) is 9.52. The van der Waals surface area contributed by atoms with E-state index in [9.17, 15) is 0 Å². The number of fused-ring (bicyclic) bond motifs is 1. The number of nitrogens with zero attached hydrogens (tertiary/aromatic N) is 2. The predicted octanol–water partition coefficient (Wildman–Crippen LogP) is 5.75. The lowest BCUT2D eigenvalue weighted by molar-refractivity contribution is 0.647. The minimum Gasteiger partial charge on any atom is -0.233 e. The van der Waals surface area contributed by atoms with Crippen molar-refractivity contribution in [1.82, 2.24) is 9.97 Å². The van der Waals surface area contributed by atoms with Gasteiger partial charge in [-0.05, 0) is 49.8 Å². The molecule has 0 saturated heterocycles. The highest BCUT2D eigenvalue weighted by atomic mass is 32.2. The van der Waals surface area contributed by atoms with E-state index in [0.29, 0.717) is 0 Å². The lowest BCUT2D eigenvalue weighted by atomic mass is 9.97. The molecule has 1 aliphatic carbocycles. The zero-order valence-corrected chi connectivity index (χ0v) is 15.8. The summed E-state index contributed by atoms with van der Waals surface area (Å²) in [5, 5.41) is 1.21. The predicted molar refractivity (Wildman–Crippen MR) is 110 cm³/mol. The molecule has 0 aliphatic heterocycles. The average Bonchev–Trinajstić information content (AvgIpc) is 2.72. The first kappa shape index (κ1) is 17.3. The molecule has 0 unspecified atom stereocenters. The molecule has 0 radical (unpaired) electrons. The summed E-state index contributed by atoms with van der Waals surface area (Å²) >= 11 is 1.91. The van der Waals surface area contributed by atoms with Gasteiger partial charge in [-0.25, -0.2) is 9.97 Å². The molecule has 3 aromatic rings. The van der Waals surface area contributed by atoms with E-state index in [1.807, 2.05) is 17.8 Å². The molecule has 1 heterocycles. The van der Waals surface area contributed by atoms with Crippen LogP contribution in [0.15, 0.2) is 65.7 Å². The highest BCUT2D eigenvalue weighted by Gasteiger charge is 2.18. The minimum atomic E-state index is 0.886. The molecule has 2 aromatic carbocycles. The Morgan fingerprint density at radius 3 is 2.35 bits per heavy atom. The Hall–Kier alpha value is -2.13. The summed E-state index contributed by atoms with van der Waals surface area (Å²) in [5.41, 5.74) is 5.21. The second kappa shape index (κ2) is 8.50. The monoisotopic (exact) mass is 360 g/mol. The van der Waals surface area contributed by atoms with Gasteiger partial charge in [-0.15, -0.1) is 11.8 Å². The van der Waals surface area contributed by atoms with Gasteiger partial charge in [0.15, 0.2) is 5.82 Å². The van der Waals surface area contributed by atoms with Crippen molar-refractivity contribution in [2.75, 3.05) is 5.75 Å². The standard InChI is InChI=1S/C23H24N2S/c1-3-10-18(11-4-1)12-9-17-26-23-20-15-7-8-16-21(20)24-22(25-23)19-13-5-2-6-14-19/h1-6,10-11,13-14H,7-9,12,15-17H2. The molecule has 0 fully saturated rings. The van der Waals surface area contributed by atoms with Crippen LogP contribution in [-0.2, 0) is 19.3 Å². The van der Waals surface area contributed by atoms with E-state index in [4.69, 9.17) is 9.97 Å². The quantitative estimate of drug-likeness (QED) is 0.318. The lowest BCUT2D eigenvalue weighted by Crippen LogP contribution is -2.10. The molecule has 0 amide bonds. The number of aryl methyl sites for hydroxylation is 2. The second-order valence-electron chi connectivity index (χ2n) is 6.79. The summed E-state index contributed by atoms with van der Waals surface area (Å²) in [5.74, 6) is 1.99. The normalized spacial score (nSPS) is 13.4. The van der Waals surface area contributed by atoms with Gasteiger partial charge in [0.2, 0.25) is 0 Å². The molecule has 0 saturated carbocycles. The van der Waals surface area contributed by atoms with Crippen LogP contribution >= 0.6 is 11.8 Å². The molecule has 0 N–H and O–H groups in total. The lowest BCUT2D eigenvalue weighted by Gasteiger charge is -2.19. The zero-order chi connectivity index (χ0) is 17.6. The Morgan fingerprint density at radius 1 is 0.808 bits per heavy atom. The highest BCUT2D eigenvalue weighted by molar-refractivity contribution is 7.99. The van der Waals surface area contributed by atoms with Gasteiger partial charge < -0.3 is 0 Å². The van der Waals surface area contributed by atoms with E-state index in [-0.39, 0.29) is 0 Å². The summed E-state index contributed by atoms with van der Waals surface area (Å²) in [4.78, 5) is 9.85. The van der Waals surface area contributed by atoms with Gasteiger partial charge in [0.1, 0.15) is 5.03 Å². The van der Waals surface area contributed by atoms with Crippen molar-refractivity contribution in [3.63, 3.8) is 0 Å². The largest absolute Gasteiger partial charge is 0.233 e. The maximum atomic E-state index is 4.95. The zero-order valence-electron chi connectivity index (χ0n) is 15.0. The van der Waals surface area contributed by atoms with Crippen molar-refractivity contribution in [2.45, 2.75) is 43.6 Å². The summed E-state index contributed by atoms with van der Waals surface area (Å²) in [6.07, 6.45) is 7.04.